The van der Waals surface area contributed by atoms with Crippen LogP contribution in [0.5, 0.6) is 5.75 Å². The summed E-state index contributed by atoms with van der Waals surface area (Å²) in [5, 5.41) is 12.8. The van der Waals surface area contributed by atoms with Crippen LogP contribution in [0.25, 0.3) is 0 Å². The largest absolute Gasteiger partial charge is 0.494 e. The van der Waals surface area contributed by atoms with Crippen molar-refractivity contribution in [2.45, 2.75) is 13.0 Å². The molecule has 0 aromatic heterocycles. The Morgan fingerprint density at radius 3 is 2.74 bits per heavy atom. The number of aliphatic carboxylic acids is 1. The number of para-hydroxylation sites is 1. The van der Waals surface area contributed by atoms with Crippen LogP contribution in [-0.2, 0) is 4.79 Å². The van der Waals surface area contributed by atoms with E-state index in [2.05, 4.69) is 5.32 Å². The highest BCUT2D eigenvalue weighted by atomic mass is 16.5. The molecule has 2 rings (SSSR count). The normalized spacial score (nSPS) is 17.9. The van der Waals surface area contributed by atoms with Crippen molar-refractivity contribution in [2.24, 2.45) is 0 Å². The first-order chi connectivity index (χ1) is 9.24. The van der Waals surface area contributed by atoms with Gasteiger partial charge in [0.1, 0.15) is 11.8 Å². The van der Waals surface area contributed by atoms with E-state index >= 15 is 0 Å². The Hall–Kier alpha value is -1.59. The molecule has 0 spiro atoms. The monoisotopic (exact) mass is 264 g/mol. The maximum absolute atomic E-state index is 11.6. The highest BCUT2D eigenvalue weighted by molar-refractivity contribution is 5.76. The molecule has 5 heteroatoms. The lowest BCUT2D eigenvalue weighted by Gasteiger charge is -2.33. The third kappa shape index (κ3) is 3.24. The van der Waals surface area contributed by atoms with Gasteiger partial charge in [-0.1, -0.05) is 18.2 Å². The first-order valence-corrected chi connectivity index (χ1v) is 6.63. The topological polar surface area (TPSA) is 61.8 Å². The van der Waals surface area contributed by atoms with Gasteiger partial charge in [0.05, 0.1) is 6.61 Å². The SMILES string of the molecule is CCOc1ccccc1C(C(=O)O)N1CCNCC1. The fourth-order valence-corrected chi connectivity index (χ4v) is 2.42. The first-order valence-electron chi connectivity index (χ1n) is 6.63. The van der Waals surface area contributed by atoms with Gasteiger partial charge in [-0.2, -0.15) is 0 Å². The molecule has 19 heavy (non-hydrogen) atoms. The van der Waals surface area contributed by atoms with Gasteiger partial charge in [0.2, 0.25) is 0 Å². The smallest absolute Gasteiger partial charge is 0.325 e. The van der Waals surface area contributed by atoms with Gasteiger partial charge in [0.25, 0.3) is 0 Å². The highest BCUT2D eigenvalue weighted by Crippen LogP contribution is 2.29. The van der Waals surface area contributed by atoms with Crippen LogP contribution < -0.4 is 10.1 Å². The fourth-order valence-electron chi connectivity index (χ4n) is 2.42. The molecule has 0 aliphatic carbocycles. The molecule has 1 atom stereocenters. The zero-order valence-corrected chi connectivity index (χ0v) is 11.1. The summed E-state index contributed by atoms with van der Waals surface area (Å²) in [5.74, 6) is -0.162. The molecule has 1 aromatic rings. The average Bonchev–Trinajstić information content (AvgIpc) is 2.42. The molecule has 0 amide bonds. The lowest BCUT2D eigenvalue weighted by molar-refractivity contribution is -0.144. The molecule has 0 radical (unpaired) electrons. The summed E-state index contributed by atoms with van der Waals surface area (Å²) in [6.07, 6.45) is 0. The molecule has 0 bridgehead atoms. The van der Waals surface area contributed by atoms with Crippen molar-refractivity contribution in [2.75, 3.05) is 32.8 Å². The summed E-state index contributed by atoms with van der Waals surface area (Å²) in [5.41, 5.74) is 0.735. The van der Waals surface area contributed by atoms with Gasteiger partial charge < -0.3 is 15.2 Å². The van der Waals surface area contributed by atoms with Crippen LogP contribution in [0.15, 0.2) is 24.3 Å². The third-order valence-corrected chi connectivity index (χ3v) is 3.26. The van der Waals surface area contributed by atoms with Crippen LogP contribution in [0, 0.1) is 0 Å². The number of carboxylic acid groups (broad SMARTS) is 1. The van der Waals surface area contributed by atoms with E-state index in [0.29, 0.717) is 12.4 Å². The molecular weight excluding hydrogens is 244 g/mol. The van der Waals surface area contributed by atoms with Crippen LogP contribution >= 0.6 is 0 Å². The summed E-state index contributed by atoms with van der Waals surface area (Å²) in [4.78, 5) is 13.6. The fraction of sp³-hybridized carbons (Fsp3) is 0.500. The number of carbonyl (C=O) groups is 1. The molecule has 104 valence electrons. The van der Waals surface area contributed by atoms with Crippen molar-refractivity contribution < 1.29 is 14.6 Å². The second kappa shape index (κ2) is 6.54. The number of carboxylic acids is 1. The number of rotatable bonds is 5. The van der Waals surface area contributed by atoms with Gasteiger partial charge in [-0.3, -0.25) is 9.69 Å². The van der Waals surface area contributed by atoms with Crippen molar-refractivity contribution in [1.82, 2.24) is 10.2 Å². The van der Waals surface area contributed by atoms with Gasteiger partial charge in [-0.15, -0.1) is 0 Å². The van der Waals surface area contributed by atoms with Crippen LogP contribution in [-0.4, -0.2) is 48.8 Å². The van der Waals surface area contributed by atoms with E-state index in [1.54, 1.807) is 0 Å². The second-order valence-electron chi connectivity index (χ2n) is 4.50. The number of piperazine rings is 1. The molecule has 1 heterocycles. The number of nitrogens with zero attached hydrogens (tertiary/aromatic N) is 1. The lowest BCUT2D eigenvalue weighted by atomic mass is 10.0. The highest BCUT2D eigenvalue weighted by Gasteiger charge is 2.30. The van der Waals surface area contributed by atoms with Gasteiger partial charge in [-0.25, -0.2) is 0 Å². The van der Waals surface area contributed by atoms with Crippen LogP contribution in [0.2, 0.25) is 0 Å². The van der Waals surface area contributed by atoms with Gasteiger partial charge >= 0.3 is 5.97 Å². The predicted molar refractivity (Wildman–Crippen MR) is 72.4 cm³/mol. The van der Waals surface area contributed by atoms with E-state index < -0.39 is 12.0 Å². The zero-order valence-electron chi connectivity index (χ0n) is 11.1. The second-order valence-corrected chi connectivity index (χ2v) is 4.50. The Morgan fingerprint density at radius 1 is 1.42 bits per heavy atom. The van der Waals surface area contributed by atoms with Crippen LogP contribution in [0.3, 0.4) is 0 Å². The number of benzene rings is 1. The summed E-state index contributed by atoms with van der Waals surface area (Å²) >= 11 is 0. The van der Waals surface area contributed by atoms with Crippen molar-refractivity contribution in [3.05, 3.63) is 29.8 Å². The molecule has 1 saturated heterocycles. The van der Waals surface area contributed by atoms with Crippen molar-refractivity contribution in [3.63, 3.8) is 0 Å². The summed E-state index contributed by atoms with van der Waals surface area (Å²) in [7, 11) is 0. The Bertz CT molecular complexity index is 430. The lowest BCUT2D eigenvalue weighted by Crippen LogP contribution is -2.47. The molecule has 1 aromatic carbocycles. The molecule has 5 nitrogen and oxygen atoms in total. The van der Waals surface area contributed by atoms with E-state index in [1.807, 2.05) is 36.1 Å². The molecular formula is C14H20N2O3. The van der Waals surface area contributed by atoms with Crippen molar-refractivity contribution in [1.29, 1.82) is 0 Å². The third-order valence-electron chi connectivity index (χ3n) is 3.26. The minimum atomic E-state index is -0.825. The molecule has 1 aliphatic heterocycles. The van der Waals surface area contributed by atoms with Crippen LogP contribution in [0.1, 0.15) is 18.5 Å². The van der Waals surface area contributed by atoms with Gasteiger partial charge in [-0.05, 0) is 13.0 Å². The number of hydrogen-bond donors (Lipinski definition) is 2. The van der Waals surface area contributed by atoms with E-state index in [-0.39, 0.29) is 0 Å². The summed E-state index contributed by atoms with van der Waals surface area (Å²) < 4.78 is 5.55. The molecule has 1 fully saturated rings. The number of hydrogen-bond acceptors (Lipinski definition) is 4. The predicted octanol–water partition coefficient (Wildman–Crippen LogP) is 1.12. The maximum Gasteiger partial charge on any atom is 0.325 e. The standard InChI is InChI=1S/C14H20N2O3/c1-2-19-12-6-4-3-5-11(12)13(14(17)18)16-9-7-15-8-10-16/h3-6,13,15H,2,7-10H2,1H3,(H,17,18). The molecule has 0 saturated carbocycles. The van der Waals surface area contributed by atoms with Gasteiger partial charge in [0, 0.05) is 31.7 Å². The van der Waals surface area contributed by atoms with E-state index in [0.717, 1.165) is 31.7 Å². The Labute approximate surface area is 113 Å². The van der Waals surface area contributed by atoms with E-state index in [9.17, 15) is 9.90 Å². The summed E-state index contributed by atoms with van der Waals surface area (Å²) in [6.45, 7) is 5.54. The quantitative estimate of drug-likeness (QED) is 0.834. The maximum atomic E-state index is 11.6. The van der Waals surface area contributed by atoms with Crippen LogP contribution in [0.4, 0.5) is 0 Å². The molecule has 1 aliphatic rings. The zero-order chi connectivity index (χ0) is 13.7. The Morgan fingerprint density at radius 2 is 2.11 bits per heavy atom. The number of ether oxygens (including phenoxy) is 1. The first kappa shape index (κ1) is 13.8. The number of nitrogens with one attached hydrogen (secondary N) is 1. The van der Waals surface area contributed by atoms with Crippen molar-refractivity contribution in [3.8, 4) is 5.75 Å². The Kier molecular flexibility index (Phi) is 4.76. The van der Waals surface area contributed by atoms with Crippen molar-refractivity contribution >= 4 is 5.97 Å². The molecule has 1 unspecified atom stereocenters. The average molecular weight is 264 g/mol. The minimum absolute atomic E-state index is 0.533. The minimum Gasteiger partial charge on any atom is -0.494 e. The van der Waals surface area contributed by atoms with Gasteiger partial charge in [0.15, 0.2) is 0 Å². The molecule has 2 N–H and O–H groups in total. The van der Waals surface area contributed by atoms with E-state index in [1.165, 1.54) is 0 Å². The Balaban J connectivity index is 2.30. The summed E-state index contributed by atoms with van der Waals surface area (Å²) in [6, 6.07) is 6.76. The van der Waals surface area contributed by atoms with E-state index in [4.69, 9.17) is 4.74 Å².